The number of alkyl halides is 3. The van der Waals surface area contributed by atoms with Gasteiger partial charge in [0, 0.05) is 55.8 Å². The van der Waals surface area contributed by atoms with Gasteiger partial charge in [0.15, 0.2) is 5.13 Å². The average Bonchev–Trinajstić information content (AvgIpc) is 3.63. The van der Waals surface area contributed by atoms with E-state index in [1.807, 2.05) is 11.8 Å². The molecule has 0 saturated carbocycles. The lowest BCUT2D eigenvalue weighted by Crippen LogP contribution is -2.47. The highest BCUT2D eigenvalue weighted by molar-refractivity contribution is 7.16. The van der Waals surface area contributed by atoms with Crippen molar-refractivity contribution in [3.63, 3.8) is 0 Å². The van der Waals surface area contributed by atoms with E-state index in [2.05, 4.69) is 37.0 Å². The molecule has 1 amide bonds. The Labute approximate surface area is 269 Å². The van der Waals surface area contributed by atoms with Gasteiger partial charge in [0.1, 0.15) is 17.3 Å². The third-order valence-electron chi connectivity index (χ3n) is 8.18. The number of carboxylic acids is 1. The highest BCUT2D eigenvalue weighted by Gasteiger charge is 2.35. The number of carbonyl (C=O) groups is 2. The lowest BCUT2D eigenvalue weighted by Gasteiger charge is -2.34. The maximum absolute atomic E-state index is 14.0. The molecule has 2 N–H and O–H groups in total. The molecule has 2 saturated heterocycles. The number of benzene rings is 1. The summed E-state index contributed by atoms with van der Waals surface area (Å²) >= 11 is 1.23. The summed E-state index contributed by atoms with van der Waals surface area (Å²) in [6.45, 7) is 8.68. The molecule has 11 nitrogen and oxygen atoms in total. The van der Waals surface area contributed by atoms with Crippen molar-refractivity contribution >= 4 is 34.2 Å². The van der Waals surface area contributed by atoms with Gasteiger partial charge in [-0.25, -0.2) is 15.0 Å². The predicted octanol–water partition coefficient (Wildman–Crippen LogP) is 5.24. The van der Waals surface area contributed by atoms with E-state index in [1.165, 1.54) is 29.8 Å². The molecular weight excluding hydrogens is 623 g/mol. The molecule has 15 heteroatoms. The normalized spacial score (nSPS) is 17.8. The predicted molar refractivity (Wildman–Crippen MR) is 168 cm³/mol. The zero-order valence-electron chi connectivity index (χ0n) is 25.8. The van der Waals surface area contributed by atoms with E-state index in [0.29, 0.717) is 68.8 Å². The quantitative estimate of drug-likeness (QED) is 0.266. The van der Waals surface area contributed by atoms with Crippen LogP contribution < -0.4 is 15.0 Å². The number of aromatic nitrogens is 3. The topological polar surface area (TPSA) is 124 Å². The number of aliphatic carboxylic acids is 1. The Bertz CT molecular complexity index is 1510. The number of nitrogens with zero attached hydrogens (tertiary/aromatic N) is 6. The standard InChI is InChI=1S/C31H38F3N7O4S/c1-3-15-45-24-7-6-21(16-22(24)31(32,33)34)28-25(19-41-9-4-5-20(41)2)46-30(37-28)38-29(44)23-17-36-26(18-35-23)40-13-11-39(12-14-40)10-8-27(42)43/h6-7,16-18,20H,3-5,8-15,19H2,1-2H3,(H,42,43)(H,37,38,44)/t20-/m1/s1. The van der Waals surface area contributed by atoms with E-state index in [9.17, 15) is 22.8 Å². The smallest absolute Gasteiger partial charge is 0.419 e. The van der Waals surface area contributed by atoms with E-state index < -0.39 is 23.6 Å². The van der Waals surface area contributed by atoms with Crippen molar-refractivity contribution in [1.29, 1.82) is 0 Å². The molecule has 0 aliphatic carbocycles. The maximum Gasteiger partial charge on any atom is 0.419 e. The van der Waals surface area contributed by atoms with E-state index in [0.717, 1.165) is 30.3 Å². The Morgan fingerprint density at radius 3 is 2.54 bits per heavy atom. The molecule has 0 unspecified atom stereocenters. The average molecular weight is 662 g/mol. The lowest BCUT2D eigenvalue weighted by atomic mass is 10.1. The zero-order valence-corrected chi connectivity index (χ0v) is 26.7. The molecular formula is C31H38F3N7O4S. The summed E-state index contributed by atoms with van der Waals surface area (Å²) in [6.07, 6.45) is 1.03. The first-order valence-corrected chi connectivity index (χ1v) is 16.2. The number of piperazine rings is 1. The second-order valence-corrected chi connectivity index (χ2v) is 12.6. The fraction of sp³-hybridized carbons (Fsp3) is 0.516. The molecule has 2 aliphatic heterocycles. The van der Waals surface area contributed by atoms with Crippen molar-refractivity contribution in [2.24, 2.45) is 0 Å². The molecule has 2 aromatic heterocycles. The lowest BCUT2D eigenvalue weighted by molar-refractivity contribution is -0.139. The van der Waals surface area contributed by atoms with Crippen LogP contribution in [0.4, 0.5) is 24.1 Å². The number of carbonyl (C=O) groups excluding carboxylic acids is 1. The summed E-state index contributed by atoms with van der Waals surface area (Å²) in [5.74, 6) is -0.965. The minimum atomic E-state index is -4.62. The second-order valence-electron chi connectivity index (χ2n) is 11.5. The molecule has 5 rings (SSSR count). The summed E-state index contributed by atoms with van der Waals surface area (Å²) in [6, 6.07) is 4.30. The van der Waals surface area contributed by atoms with Gasteiger partial charge >= 0.3 is 12.1 Å². The van der Waals surface area contributed by atoms with Crippen LogP contribution in [0.1, 0.15) is 60.5 Å². The molecule has 0 spiro atoms. The molecule has 4 heterocycles. The zero-order chi connectivity index (χ0) is 32.8. The summed E-state index contributed by atoms with van der Waals surface area (Å²) in [7, 11) is 0. The number of hydrogen-bond donors (Lipinski definition) is 2. The first-order chi connectivity index (χ1) is 22.0. The third-order valence-corrected chi connectivity index (χ3v) is 9.14. The Balaban J connectivity index is 1.33. The number of rotatable bonds is 12. The molecule has 46 heavy (non-hydrogen) atoms. The Morgan fingerprint density at radius 2 is 1.91 bits per heavy atom. The van der Waals surface area contributed by atoms with Crippen LogP contribution in [-0.4, -0.2) is 93.7 Å². The van der Waals surface area contributed by atoms with Gasteiger partial charge in [0.25, 0.3) is 5.91 Å². The van der Waals surface area contributed by atoms with Crippen LogP contribution in [0.3, 0.4) is 0 Å². The molecule has 1 aromatic carbocycles. The van der Waals surface area contributed by atoms with Crippen molar-refractivity contribution in [3.8, 4) is 17.0 Å². The first-order valence-electron chi connectivity index (χ1n) is 15.4. The minimum Gasteiger partial charge on any atom is -0.493 e. The van der Waals surface area contributed by atoms with Gasteiger partial charge in [-0.1, -0.05) is 18.3 Å². The Morgan fingerprint density at radius 1 is 1.13 bits per heavy atom. The molecule has 2 aliphatic rings. The SMILES string of the molecule is CCCOc1ccc(-c2nc(NC(=O)c3cnc(N4CCN(CCC(=O)O)CC4)cn3)sc2CN2CCC[C@H]2C)cc1C(F)(F)F. The van der Waals surface area contributed by atoms with Crippen LogP contribution >= 0.6 is 11.3 Å². The van der Waals surface area contributed by atoms with E-state index in [1.54, 1.807) is 6.07 Å². The largest absolute Gasteiger partial charge is 0.493 e. The first kappa shape index (κ1) is 33.5. The summed E-state index contributed by atoms with van der Waals surface area (Å²) < 4.78 is 47.5. The number of anilines is 2. The van der Waals surface area contributed by atoms with Gasteiger partial charge in [-0.2, -0.15) is 13.2 Å². The minimum absolute atomic E-state index is 0.0760. The van der Waals surface area contributed by atoms with Crippen LogP contribution in [0.25, 0.3) is 11.3 Å². The van der Waals surface area contributed by atoms with Gasteiger partial charge < -0.3 is 14.7 Å². The summed E-state index contributed by atoms with van der Waals surface area (Å²) in [5.41, 5.74) is -0.112. The number of carboxylic acid groups (broad SMARTS) is 1. The number of thiazole rings is 1. The Hall–Kier alpha value is -3.82. The van der Waals surface area contributed by atoms with Gasteiger partial charge in [0.05, 0.1) is 36.7 Å². The molecule has 2 fully saturated rings. The van der Waals surface area contributed by atoms with Gasteiger partial charge in [-0.3, -0.25) is 24.7 Å². The molecule has 0 bridgehead atoms. The number of amides is 1. The van der Waals surface area contributed by atoms with Crippen LogP contribution in [-0.2, 0) is 17.5 Å². The van der Waals surface area contributed by atoms with Crippen LogP contribution in [0.15, 0.2) is 30.6 Å². The molecule has 1 atom stereocenters. The molecule has 3 aromatic rings. The van der Waals surface area contributed by atoms with Crippen molar-refractivity contribution in [3.05, 3.63) is 46.7 Å². The summed E-state index contributed by atoms with van der Waals surface area (Å²) in [4.78, 5) is 44.5. The third kappa shape index (κ3) is 8.30. The number of nitrogens with one attached hydrogen (secondary N) is 1. The van der Waals surface area contributed by atoms with E-state index >= 15 is 0 Å². The van der Waals surface area contributed by atoms with E-state index in [-0.39, 0.29) is 29.6 Å². The van der Waals surface area contributed by atoms with Crippen molar-refractivity contribution in [2.45, 2.75) is 58.3 Å². The highest BCUT2D eigenvalue weighted by Crippen LogP contribution is 2.41. The van der Waals surface area contributed by atoms with Crippen molar-refractivity contribution in [2.75, 3.05) is 56.1 Å². The molecule has 0 radical (unpaired) electrons. The highest BCUT2D eigenvalue weighted by atomic mass is 32.1. The fourth-order valence-electron chi connectivity index (χ4n) is 5.60. The van der Waals surface area contributed by atoms with E-state index in [4.69, 9.17) is 9.84 Å². The number of hydrogen-bond acceptors (Lipinski definition) is 10. The monoisotopic (exact) mass is 661 g/mol. The number of likely N-dealkylation sites (tertiary alicyclic amines) is 1. The van der Waals surface area contributed by atoms with Crippen LogP contribution in [0, 0.1) is 0 Å². The van der Waals surface area contributed by atoms with Crippen LogP contribution in [0.5, 0.6) is 5.75 Å². The molecule has 248 valence electrons. The van der Waals surface area contributed by atoms with Crippen molar-refractivity contribution < 1.29 is 32.6 Å². The maximum atomic E-state index is 14.0. The van der Waals surface area contributed by atoms with Gasteiger partial charge in [-0.05, 0) is 50.9 Å². The van der Waals surface area contributed by atoms with Gasteiger partial charge in [0.2, 0.25) is 0 Å². The van der Waals surface area contributed by atoms with Crippen LogP contribution in [0.2, 0.25) is 0 Å². The second kappa shape index (κ2) is 14.7. The number of ether oxygens (including phenoxy) is 1. The van der Waals surface area contributed by atoms with Gasteiger partial charge in [-0.15, -0.1) is 0 Å². The summed E-state index contributed by atoms with van der Waals surface area (Å²) in [5, 5.41) is 11.9. The Kier molecular flexibility index (Phi) is 10.7. The number of halogens is 3. The fourth-order valence-corrected chi connectivity index (χ4v) is 6.61. The van der Waals surface area contributed by atoms with Crippen molar-refractivity contribution in [1.82, 2.24) is 24.8 Å².